The minimum absolute atomic E-state index is 0.332. The molecule has 0 spiro atoms. The molecule has 0 amide bonds. The Labute approximate surface area is 152 Å². The fourth-order valence-electron chi connectivity index (χ4n) is 4.85. The van der Waals surface area contributed by atoms with Crippen LogP contribution in [0.15, 0.2) is 12.1 Å². The Kier molecular flexibility index (Phi) is 6.63. The van der Waals surface area contributed by atoms with Crippen LogP contribution in [0.25, 0.3) is 0 Å². The van der Waals surface area contributed by atoms with E-state index >= 15 is 0 Å². The second-order valence-corrected chi connectivity index (χ2v) is 8.50. The number of aliphatic hydroxyl groups is 1. The van der Waals surface area contributed by atoms with Crippen LogP contribution in [0.4, 0.5) is 0 Å². The van der Waals surface area contributed by atoms with Gasteiger partial charge in [0.15, 0.2) is 0 Å². The molecule has 0 saturated heterocycles. The van der Waals surface area contributed by atoms with Gasteiger partial charge < -0.3 is 5.11 Å². The van der Waals surface area contributed by atoms with Gasteiger partial charge in [-0.05, 0) is 73.0 Å². The number of benzene rings is 1. The first-order chi connectivity index (χ1) is 11.7. The van der Waals surface area contributed by atoms with Crippen molar-refractivity contribution in [3.8, 4) is 0 Å². The van der Waals surface area contributed by atoms with E-state index in [1.165, 1.54) is 68.1 Å². The maximum atomic E-state index is 9.39. The Morgan fingerprint density at radius 2 is 1.96 bits per heavy atom. The van der Waals surface area contributed by atoms with Crippen molar-refractivity contribution in [3.05, 3.63) is 33.8 Å². The molecule has 1 aromatic carbocycles. The van der Waals surface area contributed by atoms with Crippen molar-refractivity contribution < 1.29 is 5.11 Å². The Bertz CT molecular complexity index is 539. The summed E-state index contributed by atoms with van der Waals surface area (Å²) in [5.41, 5.74) is 4.30. The molecular formula is C22H33ClO. The van der Waals surface area contributed by atoms with E-state index in [4.69, 9.17) is 11.6 Å². The molecule has 134 valence electrons. The van der Waals surface area contributed by atoms with E-state index < -0.39 is 0 Å². The first kappa shape index (κ1) is 18.3. The van der Waals surface area contributed by atoms with E-state index in [9.17, 15) is 5.11 Å². The lowest BCUT2D eigenvalue weighted by molar-refractivity contribution is 0.229. The van der Waals surface area contributed by atoms with Crippen LogP contribution in [0.3, 0.4) is 0 Å². The third-order valence-corrected chi connectivity index (χ3v) is 6.83. The van der Waals surface area contributed by atoms with Crippen LogP contribution in [-0.2, 0) is 12.8 Å². The third kappa shape index (κ3) is 4.17. The summed E-state index contributed by atoms with van der Waals surface area (Å²) in [7, 11) is 0. The molecule has 1 aromatic rings. The number of unbranched alkanes of at least 4 members (excludes halogenated alkanes) is 3. The average Bonchev–Trinajstić information content (AvgIpc) is 3.08. The number of hydrogen-bond donors (Lipinski definition) is 1. The number of rotatable bonds is 7. The van der Waals surface area contributed by atoms with Crippen LogP contribution >= 0.6 is 11.6 Å². The molecule has 2 unspecified atom stereocenters. The van der Waals surface area contributed by atoms with Crippen LogP contribution in [0.5, 0.6) is 0 Å². The van der Waals surface area contributed by atoms with Crippen LogP contribution in [0.1, 0.15) is 87.3 Å². The van der Waals surface area contributed by atoms with Gasteiger partial charge in [0.1, 0.15) is 0 Å². The highest BCUT2D eigenvalue weighted by atomic mass is 35.5. The van der Waals surface area contributed by atoms with Gasteiger partial charge in [0.25, 0.3) is 0 Å². The molecule has 1 saturated carbocycles. The molecule has 1 N–H and O–H groups in total. The third-order valence-electron chi connectivity index (χ3n) is 6.39. The topological polar surface area (TPSA) is 20.2 Å². The molecule has 3 atom stereocenters. The van der Waals surface area contributed by atoms with E-state index in [1.807, 2.05) is 0 Å². The monoisotopic (exact) mass is 348 g/mol. The zero-order chi connectivity index (χ0) is 16.9. The zero-order valence-electron chi connectivity index (χ0n) is 15.2. The van der Waals surface area contributed by atoms with E-state index in [-0.39, 0.29) is 0 Å². The predicted molar refractivity (Wildman–Crippen MR) is 103 cm³/mol. The SMILES string of the molecule is CCCCCC[C@H]1CCc2c(ccc(C3CCC(CO)C3)c2Cl)C1. The second-order valence-electron chi connectivity index (χ2n) is 8.12. The van der Waals surface area contributed by atoms with Crippen LogP contribution in [0.2, 0.25) is 5.02 Å². The van der Waals surface area contributed by atoms with Gasteiger partial charge in [0.05, 0.1) is 0 Å². The summed E-state index contributed by atoms with van der Waals surface area (Å²) in [4.78, 5) is 0. The summed E-state index contributed by atoms with van der Waals surface area (Å²) in [6.07, 6.45) is 14.0. The highest BCUT2D eigenvalue weighted by Gasteiger charge is 2.29. The van der Waals surface area contributed by atoms with E-state index in [0.717, 1.165) is 30.2 Å². The van der Waals surface area contributed by atoms with Crippen molar-refractivity contribution in [2.45, 2.75) is 83.5 Å². The average molecular weight is 349 g/mol. The van der Waals surface area contributed by atoms with Crippen LogP contribution in [-0.4, -0.2) is 11.7 Å². The van der Waals surface area contributed by atoms with Crippen LogP contribution in [0, 0.1) is 11.8 Å². The van der Waals surface area contributed by atoms with Crippen molar-refractivity contribution in [2.24, 2.45) is 11.8 Å². The van der Waals surface area contributed by atoms with E-state index in [0.29, 0.717) is 18.4 Å². The molecule has 0 aliphatic heterocycles. The molecule has 24 heavy (non-hydrogen) atoms. The Morgan fingerprint density at radius 3 is 2.71 bits per heavy atom. The van der Waals surface area contributed by atoms with Crippen LogP contribution < -0.4 is 0 Å². The Morgan fingerprint density at radius 1 is 1.08 bits per heavy atom. The standard InChI is InChI=1S/C22H33ClO/c1-2-3-4-5-6-16-8-11-20-19(13-16)10-12-21(22(20)23)18-9-7-17(14-18)15-24/h10,12,16-18,24H,2-9,11,13-15H2,1H3/t16-,17?,18?/m0/s1. The second kappa shape index (κ2) is 8.72. The zero-order valence-corrected chi connectivity index (χ0v) is 16.0. The lowest BCUT2D eigenvalue weighted by atomic mass is 9.79. The maximum Gasteiger partial charge on any atom is 0.0475 e. The summed E-state index contributed by atoms with van der Waals surface area (Å²) in [6, 6.07) is 4.66. The number of halogens is 1. The summed E-state index contributed by atoms with van der Waals surface area (Å²) >= 11 is 6.83. The van der Waals surface area contributed by atoms with Gasteiger partial charge in [-0.2, -0.15) is 0 Å². The van der Waals surface area contributed by atoms with Crippen molar-refractivity contribution in [1.29, 1.82) is 0 Å². The quantitative estimate of drug-likeness (QED) is 0.574. The van der Waals surface area contributed by atoms with E-state index in [2.05, 4.69) is 19.1 Å². The largest absolute Gasteiger partial charge is 0.396 e. The highest BCUT2D eigenvalue weighted by Crippen LogP contribution is 2.43. The summed E-state index contributed by atoms with van der Waals surface area (Å²) in [6.45, 7) is 2.61. The molecule has 0 bridgehead atoms. The van der Waals surface area contributed by atoms with Gasteiger partial charge in [0, 0.05) is 11.6 Å². The molecule has 3 rings (SSSR count). The Balaban J connectivity index is 1.63. The number of fused-ring (bicyclic) bond motifs is 1. The van der Waals surface area contributed by atoms with Gasteiger partial charge in [-0.1, -0.05) is 62.8 Å². The molecule has 0 radical (unpaired) electrons. The number of hydrogen-bond acceptors (Lipinski definition) is 1. The molecule has 2 heteroatoms. The first-order valence-corrected chi connectivity index (χ1v) is 10.5. The smallest absolute Gasteiger partial charge is 0.0475 e. The molecular weight excluding hydrogens is 316 g/mol. The van der Waals surface area contributed by atoms with E-state index in [1.54, 1.807) is 0 Å². The molecule has 0 heterocycles. The van der Waals surface area contributed by atoms with Crippen molar-refractivity contribution in [2.75, 3.05) is 6.61 Å². The van der Waals surface area contributed by atoms with Gasteiger partial charge in [-0.25, -0.2) is 0 Å². The van der Waals surface area contributed by atoms with Gasteiger partial charge in [-0.3, -0.25) is 0 Å². The fraction of sp³-hybridized carbons (Fsp3) is 0.727. The molecule has 2 aliphatic rings. The summed E-state index contributed by atoms with van der Waals surface area (Å²) in [5, 5.41) is 10.4. The first-order valence-electron chi connectivity index (χ1n) is 10.1. The fourth-order valence-corrected chi connectivity index (χ4v) is 5.28. The van der Waals surface area contributed by atoms with Gasteiger partial charge in [-0.15, -0.1) is 0 Å². The molecule has 2 aliphatic carbocycles. The van der Waals surface area contributed by atoms with Crippen molar-refractivity contribution in [1.82, 2.24) is 0 Å². The van der Waals surface area contributed by atoms with Crippen molar-refractivity contribution in [3.63, 3.8) is 0 Å². The van der Waals surface area contributed by atoms with Crippen molar-refractivity contribution >= 4 is 11.6 Å². The summed E-state index contributed by atoms with van der Waals surface area (Å²) < 4.78 is 0. The minimum Gasteiger partial charge on any atom is -0.396 e. The lowest BCUT2D eigenvalue weighted by Crippen LogP contribution is -2.15. The lowest BCUT2D eigenvalue weighted by Gasteiger charge is -2.27. The molecule has 0 aromatic heterocycles. The van der Waals surface area contributed by atoms with Gasteiger partial charge in [0.2, 0.25) is 0 Å². The molecule has 1 fully saturated rings. The highest BCUT2D eigenvalue weighted by molar-refractivity contribution is 6.32. The summed E-state index contributed by atoms with van der Waals surface area (Å²) in [5.74, 6) is 1.91. The van der Waals surface area contributed by atoms with Gasteiger partial charge >= 0.3 is 0 Å². The normalized spacial score (nSPS) is 26.5. The minimum atomic E-state index is 0.332. The number of aliphatic hydroxyl groups excluding tert-OH is 1. The maximum absolute atomic E-state index is 9.39. The molecule has 1 nitrogen and oxygen atoms in total. The Hall–Kier alpha value is -0.530. The predicted octanol–water partition coefficient (Wildman–Crippen LogP) is 6.29.